The van der Waals surface area contributed by atoms with Gasteiger partial charge >= 0.3 is 0 Å². The number of phenolic OH excluding ortho intramolecular Hbond substituents is 1. The van der Waals surface area contributed by atoms with Gasteiger partial charge in [-0.15, -0.1) is 0 Å². The third kappa shape index (κ3) is 4.71. The average molecular weight is 425 g/mol. The zero-order valence-corrected chi connectivity index (χ0v) is 18.4. The van der Waals surface area contributed by atoms with E-state index in [0.29, 0.717) is 10.6 Å². The minimum absolute atomic E-state index is 0.258. The Morgan fingerprint density at radius 3 is 2.40 bits per heavy atom. The molecule has 0 saturated heterocycles. The molecule has 0 fully saturated rings. The van der Waals surface area contributed by atoms with E-state index in [9.17, 15) is 9.90 Å². The second kappa shape index (κ2) is 9.86. The lowest BCUT2D eigenvalue weighted by Crippen LogP contribution is -2.14. The molecule has 1 amide bonds. The van der Waals surface area contributed by atoms with Crippen LogP contribution in [0.3, 0.4) is 0 Å². The third-order valence-electron chi connectivity index (χ3n) is 5.60. The SMILES string of the molecule is CCCCCc1c(-c2ccccc2Cl)c(C(N)=O)c(C)n1CCc1ccc(O)cc1. The van der Waals surface area contributed by atoms with Crippen LogP contribution >= 0.6 is 11.6 Å². The second-order valence-electron chi connectivity index (χ2n) is 7.65. The molecule has 0 spiro atoms. The van der Waals surface area contributed by atoms with Crippen molar-refractivity contribution in [2.75, 3.05) is 0 Å². The van der Waals surface area contributed by atoms with Crippen molar-refractivity contribution in [1.82, 2.24) is 4.57 Å². The van der Waals surface area contributed by atoms with Gasteiger partial charge in [0.15, 0.2) is 0 Å². The van der Waals surface area contributed by atoms with Gasteiger partial charge in [0, 0.05) is 34.1 Å². The molecule has 0 aliphatic heterocycles. The molecule has 158 valence electrons. The standard InChI is InChI=1S/C25H29ClN2O2/c1-3-4-5-10-22-24(20-8-6-7-9-21(20)26)23(25(27)30)17(2)28(22)16-15-18-11-13-19(29)14-12-18/h6-9,11-14,29H,3-5,10,15-16H2,1-2H3,(H2,27,30). The number of halogens is 1. The molecule has 1 aromatic heterocycles. The molecule has 5 heteroatoms. The molecule has 0 bridgehead atoms. The number of aromatic nitrogens is 1. The van der Waals surface area contributed by atoms with Crippen molar-refractivity contribution >= 4 is 17.5 Å². The quantitative estimate of drug-likeness (QED) is 0.420. The monoisotopic (exact) mass is 424 g/mol. The summed E-state index contributed by atoms with van der Waals surface area (Å²) in [6.07, 6.45) is 4.93. The second-order valence-corrected chi connectivity index (χ2v) is 8.06. The number of benzene rings is 2. The molecule has 0 aliphatic rings. The van der Waals surface area contributed by atoms with Gasteiger partial charge in [0.1, 0.15) is 5.75 Å². The van der Waals surface area contributed by atoms with E-state index in [1.54, 1.807) is 12.1 Å². The Labute approximate surface area is 183 Å². The highest BCUT2D eigenvalue weighted by Crippen LogP contribution is 2.37. The zero-order valence-electron chi connectivity index (χ0n) is 17.6. The van der Waals surface area contributed by atoms with Crippen LogP contribution in [-0.4, -0.2) is 15.6 Å². The first kappa shape index (κ1) is 22.0. The average Bonchev–Trinajstić information content (AvgIpc) is 3.00. The highest BCUT2D eigenvalue weighted by Gasteiger charge is 2.25. The number of carbonyl (C=O) groups is 1. The van der Waals surface area contributed by atoms with Crippen molar-refractivity contribution in [2.45, 2.75) is 52.5 Å². The highest BCUT2D eigenvalue weighted by atomic mass is 35.5. The zero-order chi connectivity index (χ0) is 21.7. The number of nitrogens with two attached hydrogens (primary N) is 1. The van der Waals surface area contributed by atoms with Crippen molar-refractivity contribution in [3.63, 3.8) is 0 Å². The maximum atomic E-state index is 12.5. The molecule has 0 unspecified atom stereocenters. The van der Waals surface area contributed by atoms with Gasteiger partial charge in [0.05, 0.1) is 5.56 Å². The minimum Gasteiger partial charge on any atom is -0.508 e. The first-order chi connectivity index (χ1) is 14.4. The Kier molecular flexibility index (Phi) is 7.22. The van der Waals surface area contributed by atoms with Crippen LogP contribution in [0, 0.1) is 6.92 Å². The molecule has 3 N–H and O–H groups in total. The van der Waals surface area contributed by atoms with E-state index in [1.165, 1.54) is 0 Å². The number of unbranched alkanes of at least 4 members (excludes halogenated alkanes) is 2. The normalized spacial score (nSPS) is 11.0. The van der Waals surface area contributed by atoms with E-state index < -0.39 is 5.91 Å². The van der Waals surface area contributed by atoms with Crippen LogP contribution in [0.2, 0.25) is 5.02 Å². The summed E-state index contributed by atoms with van der Waals surface area (Å²) in [5.74, 6) is -0.171. The summed E-state index contributed by atoms with van der Waals surface area (Å²) < 4.78 is 2.22. The highest BCUT2D eigenvalue weighted by molar-refractivity contribution is 6.33. The Hall–Kier alpha value is -2.72. The number of aromatic hydroxyl groups is 1. The van der Waals surface area contributed by atoms with Gasteiger partial charge in [0.2, 0.25) is 0 Å². The molecule has 0 radical (unpaired) electrons. The number of primary amides is 1. The predicted octanol–water partition coefficient (Wildman–Crippen LogP) is 5.90. The van der Waals surface area contributed by atoms with Gasteiger partial charge in [-0.1, -0.05) is 61.7 Å². The molecule has 0 saturated carbocycles. The van der Waals surface area contributed by atoms with Crippen LogP contribution in [0.4, 0.5) is 0 Å². The number of hydrogen-bond donors (Lipinski definition) is 2. The summed E-state index contributed by atoms with van der Waals surface area (Å²) in [4.78, 5) is 12.5. The van der Waals surface area contributed by atoms with Crippen LogP contribution in [0.5, 0.6) is 5.75 Å². The number of phenols is 1. The lowest BCUT2D eigenvalue weighted by Gasteiger charge is -2.14. The van der Waals surface area contributed by atoms with Crippen molar-refractivity contribution in [1.29, 1.82) is 0 Å². The van der Waals surface area contributed by atoms with Gasteiger partial charge in [-0.3, -0.25) is 4.79 Å². The largest absolute Gasteiger partial charge is 0.508 e. The number of nitrogens with zero attached hydrogens (tertiary/aromatic N) is 1. The number of carbonyl (C=O) groups excluding carboxylic acids is 1. The fourth-order valence-electron chi connectivity index (χ4n) is 4.06. The Morgan fingerprint density at radius 2 is 1.77 bits per heavy atom. The van der Waals surface area contributed by atoms with Crippen molar-refractivity contribution in [3.05, 3.63) is 76.1 Å². The first-order valence-corrected chi connectivity index (χ1v) is 10.9. The van der Waals surface area contributed by atoms with Gasteiger partial charge in [-0.25, -0.2) is 0 Å². The van der Waals surface area contributed by atoms with E-state index >= 15 is 0 Å². The summed E-state index contributed by atoms with van der Waals surface area (Å²) in [6.45, 7) is 4.86. The number of hydrogen-bond acceptors (Lipinski definition) is 2. The van der Waals surface area contributed by atoms with Gasteiger partial charge < -0.3 is 15.4 Å². The molecule has 0 atom stereocenters. The summed E-state index contributed by atoms with van der Waals surface area (Å²) in [5.41, 5.74) is 11.2. The first-order valence-electron chi connectivity index (χ1n) is 10.5. The predicted molar refractivity (Wildman–Crippen MR) is 123 cm³/mol. The van der Waals surface area contributed by atoms with E-state index in [-0.39, 0.29) is 5.75 Å². The van der Waals surface area contributed by atoms with E-state index in [4.69, 9.17) is 17.3 Å². The molecule has 3 aromatic rings. The topological polar surface area (TPSA) is 68.2 Å². The van der Waals surface area contributed by atoms with Crippen molar-refractivity contribution in [2.24, 2.45) is 5.73 Å². The van der Waals surface area contributed by atoms with Gasteiger partial charge in [-0.2, -0.15) is 0 Å². The van der Waals surface area contributed by atoms with Crippen LogP contribution in [0.1, 0.15) is 53.5 Å². The Balaban J connectivity index is 2.09. The Morgan fingerprint density at radius 1 is 1.07 bits per heavy atom. The molecule has 30 heavy (non-hydrogen) atoms. The molecular formula is C25H29ClN2O2. The molecular weight excluding hydrogens is 396 g/mol. The van der Waals surface area contributed by atoms with E-state index in [1.807, 2.05) is 43.3 Å². The molecule has 3 rings (SSSR count). The number of rotatable bonds is 9. The minimum atomic E-state index is -0.428. The van der Waals surface area contributed by atoms with Crippen LogP contribution in [-0.2, 0) is 19.4 Å². The fourth-order valence-corrected chi connectivity index (χ4v) is 4.29. The van der Waals surface area contributed by atoms with Crippen LogP contribution in [0.15, 0.2) is 48.5 Å². The van der Waals surface area contributed by atoms with Crippen molar-refractivity contribution < 1.29 is 9.90 Å². The molecule has 0 aliphatic carbocycles. The summed E-state index contributed by atoms with van der Waals surface area (Å²) in [6, 6.07) is 14.9. The maximum absolute atomic E-state index is 12.5. The molecule has 4 nitrogen and oxygen atoms in total. The van der Waals surface area contributed by atoms with Gasteiger partial charge in [-0.05, 0) is 49.9 Å². The molecule has 1 heterocycles. The van der Waals surface area contributed by atoms with E-state index in [0.717, 1.165) is 66.7 Å². The lowest BCUT2D eigenvalue weighted by molar-refractivity contribution is 0.1000. The van der Waals surface area contributed by atoms with Gasteiger partial charge in [0.25, 0.3) is 5.91 Å². The summed E-state index contributed by atoms with van der Waals surface area (Å²) in [7, 11) is 0. The van der Waals surface area contributed by atoms with Crippen LogP contribution < -0.4 is 5.73 Å². The number of aryl methyl sites for hydroxylation is 1. The summed E-state index contributed by atoms with van der Waals surface area (Å²) in [5, 5.41) is 10.2. The Bertz CT molecular complexity index is 1020. The maximum Gasteiger partial charge on any atom is 0.251 e. The van der Waals surface area contributed by atoms with Crippen LogP contribution in [0.25, 0.3) is 11.1 Å². The summed E-state index contributed by atoms with van der Waals surface area (Å²) >= 11 is 6.53. The smallest absolute Gasteiger partial charge is 0.251 e. The van der Waals surface area contributed by atoms with E-state index in [2.05, 4.69) is 11.5 Å². The fraction of sp³-hybridized carbons (Fsp3) is 0.320. The molecule has 2 aromatic carbocycles. The third-order valence-corrected chi connectivity index (χ3v) is 5.93. The lowest BCUT2D eigenvalue weighted by atomic mass is 9.97. The van der Waals surface area contributed by atoms with Crippen molar-refractivity contribution in [3.8, 4) is 16.9 Å². The number of amides is 1.